The van der Waals surface area contributed by atoms with Gasteiger partial charge in [-0.25, -0.2) is 8.42 Å². The molecule has 2 heterocycles. The first-order valence-corrected chi connectivity index (χ1v) is 9.31. The van der Waals surface area contributed by atoms with Crippen LogP contribution in [0.25, 0.3) is 0 Å². The number of sulfonamides is 1. The average Bonchev–Trinajstić information content (AvgIpc) is 2.96. The number of aromatic nitrogens is 2. The molecule has 1 N–H and O–H groups in total. The molecule has 98 valence electrons. The third kappa shape index (κ3) is 3.44. The number of nitrogens with one attached hydrogen (secondary N) is 1. The molecule has 2 aromatic rings. The Morgan fingerprint density at radius 3 is 2.94 bits per heavy atom. The molecule has 0 unspecified atom stereocenters. The van der Waals surface area contributed by atoms with Gasteiger partial charge in [-0.1, -0.05) is 36.1 Å². The van der Waals surface area contributed by atoms with Crippen molar-refractivity contribution in [1.29, 1.82) is 0 Å². The van der Waals surface area contributed by atoms with Gasteiger partial charge in [0.25, 0.3) is 10.0 Å². The Morgan fingerprint density at radius 2 is 2.28 bits per heavy atom. The van der Waals surface area contributed by atoms with E-state index in [2.05, 4.69) is 21.8 Å². The summed E-state index contributed by atoms with van der Waals surface area (Å²) in [5.41, 5.74) is 0. The number of hydrogen-bond donors (Lipinski definition) is 1. The van der Waals surface area contributed by atoms with Crippen LogP contribution < -0.4 is 4.72 Å². The summed E-state index contributed by atoms with van der Waals surface area (Å²) in [5.74, 6) is 0.951. The van der Waals surface area contributed by atoms with Crippen LogP contribution in [0.15, 0.2) is 26.1 Å². The number of rotatable bonds is 6. The van der Waals surface area contributed by atoms with E-state index in [0.29, 0.717) is 5.13 Å². The standard InChI is InChI=1S/C9H11N3O2S4/c1-2-5-16-9-11-10-8(17-9)12-18(13,14)7-4-3-6-15-7/h3-4,6H,2,5H2,1H3,(H,10,12). The average molecular weight is 321 g/mol. The van der Waals surface area contributed by atoms with E-state index in [1.807, 2.05) is 0 Å². The van der Waals surface area contributed by atoms with Gasteiger partial charge < -0.3 is 0 Å². The molecule has 0 saturated carbocycles. The first-order chi connectivity index (χ1) is 8.62. The number of nitrogens with zero attached hydrogens (tertiary/aromatic N) is 2. The summed E-state index contributed by atoms with van der Waals surface area (Å²) in [6.07, 6.45) is 1.04. The second-order valence-corrected chi connectivity index (χ2v) is 8.44. The fourth-order valence-electron chi connectivity index (χ4n) is 1.08. The lowest BCUT2D eigenvalue weighted by molar-refractivity contribution is 0.603. The van der Waals surface area contributed by atoms with E-state index in [9.17, 15) is 8.42 Å². The minimum atomic E-state index is -3.51. The summed E-state index contributed by atoms with van der Waals surface area (Å²) in [7, 11) is -3.51. The molecule has 0 aliphatic rings. The highest BCUT2D eigenvalue weighted by atomic mass is 32.2. The van der Waals surface area contributed by atoms with Crippen molar-refractivity contribution in [2.24, 2.45) is 0 Å². The molecule has 0 bridgehead atoms. The first kappa shape index (κ1) is 13.8. The summed E-state index contributed by atoms with van der Waals surface area (Å²) < 4.78 is 27.3. The minimum Gasteiger partial charge on any atom is -0.252 e. The molecule has 0 spiro atoms. The molecule has 0 fully saturated rings. The van der Waals surface area contributed by atoms with Gasteiger partial charge in [0.1, 0.15) is 4.21 Å². The highest BCUT2D eigenvalue weighted by molar-refractivity contribution is 8.01. The van der Waals surface area contributed by atoms with E-state index in [1.54, 1.807) is 29.3 Å². The lowest BCUT2D eigenvalue weighted by Gasteiger charge is -2.00. The van der Waals surface area contributed by atoms with E-state index in [4.69, 9.17) is 0 Å². The molecule has 2 rings (SSSR count). The molecule has 0 radical (unpaired) electrons. The fraction of sp³-hybridized carbons (Fsp3) is 0.333. The van der Waals surface area contributed by atoms with Crippen LogP contribution in [0.5, 0.6) is 0 Å². The SMILES string of the molecule is CCCSc1nnc(NS(=O)(=O)c2cccs2)s1. The largest absolute Gasteiger partial charge is 0.273 e. The molecule has 0 atom stereocenters. The normalized spacial score (nSPS) is 11.6. The monoisotopic (exact) mass is 321 g/mol. The summed E-state index contributed by atoms with van der Waals surface area (Å²) in [5, 5.41) is 9.78. The van der Waals surface area contributed by atoms with Crippen molar-refractivity contribution >= 4 is 49.6 Å². The Balaban J connectivity index is 2.08. The Labute approximate surface area is 118 Å². The fourth-order valence-corrected chi connectivity index (χ4v) is 4.98. The topological polar surface area (TPSA) is 72.0 Å². The van der Waals surface area contributed by atoms with Crippen LogP contribution in [0.4, 0.5) is 5.13 Å². The van der Waals surface area contributed by atoms with Crippen LogP contribution in [0, 0.1) is 0 Å². The Morgan fingerprint density at radius 1 is 1.44 bits per heavy atom. The summed E-state index contributed by atoms with van der Waals surface area (Å²) in [4.78, 5) is 0. The lowest BCUT2D eigenvalue weighted by atomic mass is 10.6. The van der Waals surface area contributed by atoms with E-state index in [-0.39, 0.29) is 4.21 Å². The Hall–Kier alpha value is -0.640. The molecule has 5 nitrogen and oxygen atoms in total. The second kappa shape index (κ2) is 6.00. The quantitative estimate of drug-likeness (QED) is 0.828. The zero-order valence-electron chi connectivity index (χ0n) is 9.49. The zero-order valence-corrected chi connectivity index (χ0v) is 12.8. The van der Waals surface area contributed by atoms with Gasteiger partial charge in [0, 0.05) is 5.75 Å². The van der Waals surface area contributed by atoms with Gasteiger partial charge in [-0.15, -0.1) is 21.5 Å². The molecule has 18 heavy (non-hydrogen) atoms. The van der Waals surface area contributed by atoms with E-state index in [1.165, 1.54) is 22.7 Å². The van der Waals surface area contributed by atoms with Crippen molar-refractivity contribution in [3.8, 4) is 0 Å². The molecule has 0 amide bonds. The maximum Gasteiger partial charge on any atom is 0.273 e. The summed E-state index contributed by atoms with van der Waals surface area (Å²) in [6.45, 7) is 2.08. The van der Waals surface area contributed by atoms with Gasteiger partial charge in [-0.2, -0.15) is 0 Å². The maximum absolute atomic E-state index is 11.9. The molecule has 0 aliphatic heterocycles. The van der Waals surface area contributed by atoms with Crippen molar-refractivity contribution in [2.45, 2.75) is 21.9 Å². The van der Waals surface area contributed by atoms with Crippen LogP contribution in [0.2, 0.25) is 0 Å². The molecular formula is C9H11N3O2S4. The van der Waals surface area contributed by atoms with Crippen molar-refractivity contribution in [3.05, 3.63) is 17.5 Å². The Kier molecular flexibility index (Phi) is 4.60. The van der Waals surface area contributed by atoms with Gasteiger partial charge in [0.15, 0.2) is 4.34 Å². The maximum atomic E-state index is 11.9. The predicted octanol–water partition coefficient (Wildman–Crippen LogP) is 2.90. The molecule has 0 saturated heterocycles. The van der Waals surface area contributed by atoms with E-state index < -0.39 is 10.0 Å². The molecule has 9 heteroatoms. The van der Waals surface area contributed by atoms with Crippen molar-refractivity contribution in [1.82, 2.24) is 10.2 Å². The van der Waals surface area contributed by atoms with Gasteiger partial charge in [0.05, 0.1) is 0 Å². The molecule has 0 aliphatic carbocycles. The predicted molar refractivity (Wildman–Crippen MR) is 76.1 cm³/mol. The zero-order chi connectivity index (χ0) is 13.0. The van der Waals surface area contributed by atoms with Crippen LogP contribution in [-0.2, 0) is 10.0 Å². The van der Waals surface area contributed by atoms with Crippen molar-refractivity contribution in [3.63, 3.8) is 0 Å². The second-order valence-electron chi connectivity index (χ2n) is 3.26. The number of anilines is 1. The van der Waals surface area contributed by atoms with E-state index in [0.717, 1.165) is 16.5 Å². The number of thioether (sulfide) groups is 1. The minimum absolute atomic E-state index is 0.278. The summed E-state index contributed by atoms with van der Waals surface area (Å²) in [6, 6.07) is 3.25. The highest BCUT2D eigenvalue weighted by Crippen LogP contribution is 2.28. The van der Waals surface area contributed by atoms with Crippen LogP contribution in [-0.4, -0.2) is 24.4 Å². The molecule has 0 aromatic carbocycles. The van der Waals surface area contributed by atoms with Gasteiger partial charge >= 0.3 is 0 Å². The highest BCUT2D eigenvalue weighted by Gasteiger charge is 2.17. The van der Waals surface area contributed by atoms with Gasteiger partial charge in [-0.05, 0) is 17.9 Å². The van der Waals surface area contributed by atoms with E-state index >= 15 is 0 Å². The molecular weight excluding hydrogens is 310 g/mol. The van der Waals surface area contributed by atoms with Gasteiger partial charge in [0.2, 0.25) is 5.13 Å². The van der Waals surface area contributed by atoms with Gasteiger partial charge in [-0.3, -0.25) is 4.72 Å². The van der Waals surface area contributed by atoms with Crippen LogP contribution in [0.3, 0.4) is 0 Å². The lowest BCUT2D eigenvalue weighted by Crippen LogP contribution is -2.11. The number of thiophene rings is 1. The third-order valence-corrected chi connectivity index (χ3v) is 6.86. The number of hydrogen-bond acceptors (Lipinski definition) is 7. The molecule has 2 aromatic heterocycles. The van der Waals surface area contributed by atoms with Crippen molar-refractivity contribution < 1.29 is 8.42 Å². The van der Waals surface area contributed by atoms with Crippen LogP contribution in [0.1, 0.15) is 13.3 Å². The third-order valence-electron chi connectivity index (χ3n) is 1.82. The van der Waals surface area contributed by atoms with Crippen LogP contribution >= 0.6 is 34.4 Å². The Bertz CT molecular complexity index is 591. The van der Waals surface area contributed by atoms with Crippen molar-refractivity contribution in [2.75, 3.05) is 10.5 Å². The summed E-state index contributed by atoms with van der Waals surface area (Å²) >= 11 is 4.00. The smallest absolute Gasteiger partial charge is 0.252 e. The first-order valence-electron chi connectivity index (χ1n) is 5.14.